The van der Waals surface area contributed by atoms with Gasteiger partial charge in [-0.1, -0.05) is 11.6 Å². The van der Waals surface area contributed by atoms with Gasteiger partial charge in [0.25, 0.3) is 9.05 Å². The van der Waals surface area contributed by atoms with Crippen molar-refractivity contribution in [1.29, 1.82) is 0 Å². The lowest BCUT2D eigenvalue weighted by molar-refractivity contribution is 0.209. The van der Waals surface area contributed by atoms with Crippen LogP contribution in [0.3, 0.4) is 0 Å². The zero-order chi connectivity index (χ0) is 12.5. The Kier molecular flexibility index (Phi) is 3.67. The van der Waals surface area contributed by atoms with Gasteiger partial charge in [-0.2, -0.15) is 0 Å². The first-order valence-corrected chi connectivity index (χ1v) is 6.65. The third-order valence-electron chi connectivity index (χ3n) is 1.77. The average molecular weight is 284 g/mol. The van der Waals surface area contributed by atoms with E-state index in [4.69, 9.17) is 27.4 Å². The predicted molar refractivity (Wildman–Crippen MR) is 60.9 cm³/mol. The van der Waals surface area contributed by atoms with Crippen LogP contribution in [-0.2, 0) is 9.05 Å². The molecule has 0 bridgehead atoms. The molecule has 0 radical (unpaired) electrons. The van der Waals surface area contributed by atoms with Gasteiger partial charge in [0.1, 0.15) is 4.90 Å². The van der Waals surface area contributed by atoms with Crippen LogP contribution >= 0.6 is 22.3 Å². The van der Waals surface area contributed by atoms with Crippen molar-refractivity contribution < 1.29 is 18.3 Å². The molecule has 88 valence electrons. The molecular formula is C8H7Cl2NO4S. The summed E-state index contributed by atoms with van der Waals surface area (Å²) < 4.78 is 22.3. The smallest absolute Gasteiger partial charge is 0.409 e. The number of carboxylic acid groups (broad SMARTS) is 1. The van der Waals surface area contributed by atoms with Crippen LogP contribution in [0.5, 0.6) is 0 Å². The fourth-order valence-corrected chi connectivity index (χ4v) is 2.32. The quantitative estimate of drug-likeness (QED) is 0.818. The van der Waals surface area contributed by atoms with E-state index in [0.29, 0.717) is 5.56 Å². The van der Waals surface area contributed by atoms with Crippen LogP contribution in [0.1, 0.15) is 5.56 Å². The molecule has 2 N–H and O–H groups in total. The maximum Gasteiger partial charge on any atom is 0.409 e. The highest BCUT2D eigenvalue weighted by molar-refractivity contribution is 8.13. The fourth-order valence-electron chi connectivity index (χ4n) is 1.08. The second-order valence-electron chi connectivity index (χ2n) is 2.97. The van der Waals surface area contributed by atoms with Gasteiger partial charge < -0.3 is 5.11 Å². The summed E-state index contributed by atoms with van der Waals surface area (Å²) >= 11 is 5.73. The van der Waals surface area contributed by atoms with Gasteiger partial charge in [0.05, 0.1) is 5.69 Å². The number of benzene rings is 1. The molecule has 0 heterocycles. The average Bonchev–Trinajstić information content (AvgIpc) is 2.08. The van der Waals surface area contributed by atoms with Crippen LogP contribution < -0.4 is 5.32 Å². The van der Waals surface area contributed by atoms with Crippen molar-refractivity contribution in [2.45, 2.75) is 11.8 Å². The van der Waals surface area contributed by atoms with Crippen LogP contribution in [0.2, 0.25) is 5.02 Å². The van der Waals surface area contributed by atoms with Gasteiger partial charge >= 0.3 is 6.09 Å². The number of anilines is 1. The predicted octanol–water partition coefficient (Wildman–Crippen LogP) is 2.67. The van der Waals surface area contributed by atoms with Crippen LogP contribution in [0.4, 0.5) is 10.5 Å². The summed E-state index contributed by atoms with van der Waals surface area (Å²) in [7, 11) is 1.10. The minimum atomic E-state index is -4.06. The minimum absolute atomic E-state index is 0.121. The molecule has 1 aromatic rings. The Morgan fingerprint density at radius 1 is 1.44 bits per heavy atom. The largest absolute Gasteiger partial charge is 0.465 e. The van der Waals surface area contributed by atoms with Gasteiger partial charge in [0.15, 0.2) is 0 Å². The first-order valence-electron chi connectivity index (χ1n) is 3.96. The molecule has 0 aliphatic rings. The lowest BCUT2D eigenvalue weighted by Crippen LogP contribution is -2.10. The number of hydrogen-bond acceptors (Lipinski definition) is 3. The Hall–Kier alpha value is -0.980. The molecule has 0 unspecified atom stereocenters. The number of amides is 1. The first-order chi connectivity index (χ1) is 7.21. The topological polar surface area (TPSA) is 83.5 Å². The van der Waals surface area contributed by atoms with E-state index in [0.717, 1.165) is 6.07 Å². The van der Waals surface area contributed by atoms with E-state index in [9.17, 15) is 13.2 Å². The first kappa shape index (κ1) is 13.1. The molecule has 0 spiro atoms. The molecule has 0 saturated carbocycles. The summed E-state index contributed by atoms with van der Waals surface area (Å²) in [6.45, 7) is 1.61. The SMILES string of the molecule is Cc1cc(NC(=O)O)c(S(=O)(=O)Cl)cc1Cl. The monoisotopic (exact) mass is 283 g/mol. The third kappa shape index (κ3) is 3.01. The number of nitrogens with one attached hydrogen (secondary N) is 1. The lowest BCUT2D eigenvalue weighted by Gasteiger charge is -2.08. The van der Waals surface area contributed by atoms with Gasteiger partial charge in [-0.25, -0.2) is 13.2 Å². The Morgan fingerprint density at radius 3 is 2.44 bits per heavy atom. The Labute approximate surface area is 101 Å². The van der Waals surface area contributed by atoms with Crippen molar-refractivity contribution in [1.82, 2.24) is 0 Å². The van der Waals surface area contributed by atoms with E-state index in [-0.39, 0.29) is 15.6 Å². The van der Waals surface area contributed by atoms with Crippen LogP contribution in [0, 0.1) is 6.92 Å². The Balaban J connectivity index is 3.45. The van der Waals surface area contributed by atoms with E-state index in [2.05, 4.69) is 0 Å². The molecule has 0 fully saturated rings. The molecule has 0 aromatic heterocycles. The lowest BCUT2D eigenvalue weighted by atomic mass is 10.2. The van der Waals surface area contributed by atoms with Gasteiger partial charge in [-0.3, -0.25) is 5.32 Å². The minimum Gasteiger partial charge on any atom is -0.465 e. The normalized spacial score (nSPS) is 11.2. The highest BCUT2D eigenvalue weighted by atomic mass is 35.7. The molecule has 1 aromatic carbocycles. The summed E-state index contributed by atoms with van der Waals surface area (Å²) in [5.74, 6) is 0. The summed E-state index contributed by atoms with van der Waals surface area (Å²) in [6.07, 6.45) is -1.39. The zero-order valence-corrected chi connectivity index (χ0v) is 10.3. The van der Waals surface area contributed by atoms with Gasteiger partial charge in [0, 0.05) is 15.7 Å². The van der Waals surface area contributed by atoms with E-state index in [1.165, 1.54) is 6.07 Å². The maximum atomic E-state index is 11.2. The van der Waals surface area contributed by atoms with Crippen molar-refractivity contribution in [3.63, 3.8) is 0 Å². The second kappa shape index (κ2) is 4.48. The maximum absolute atomic E-state index is 11.2. The molecule has 0 aliphatic heterocycles. The molecule has 16 heavy (non-hydrogen) atoms. The second-order valence-corrected chi connectivity index (χ2v) is 5.91. The van der Waals surface area contributed by atoms with Gasteiger partial charge in [0.2, 0.25) is 0 Å². The van der Waals surface area contributed by atoms with Gasteiger partial charge in [-0.15, -0.1) is 0 Å². The summed E-state index contributed by atoms with van der Waals surface area (Å²) in [5.41, 5.74) is 0.416. The molecule has 8 heteroatoms. The van der Waals surface area contributed by atoms with E-state index >= 15 is 0 Å². The van der Waals surface area contributed by atoms with Crippen molar-refractivity contribution in [2.75, 3.05) is 5.32 Å². The fraction of sp³-hybridized carbons (Fsp3) is 0.125. The molecule has 0 saturated heterocycles. The summed E-state index contributed by atoms with van der Waals surface area (Å²) in [6, 6.07) is 2.40. The number of hydrogen-bond donors (Lipinski definition) is 2. The van der Waals surface area contributed by atoms with Crippen molar-refractivity contribution >= 4 is 43.1 Å². The molecule has 5 nitrogen and oxygen atoms in total. The number of carbonyl (C=O) groups is 1. The highest BCUT2D eigenvalue weighted by Crippen LogP contribution is 2.30. The van der Waals surface area contributed by atoms with Crippen LogP contribution in [-0.4, -0.2) is 19.6 Å². The van der Waals surface area contributed by atoms with E-state index in [1.54, 1.807) is 6.92 Å². The highest BCUT2D eigenvalue weighted by Gasteiger charge is 2.18. The van der Waals surface area contributed by atoms with E-state index in [1.807, 2.05) is 5.32 Å². The molecule has 0 atom stereocenters. The van der Waals surface area contributed by atoms with Crippen LogP contribution in [0.15, 0.2) is 17.0 Å². The van der Waals surface area contributed by atoms with E-state index < -0.39 is 15.1 Å². The van der Waals surface area contributed by atoms with Crippen molar-refractivity contribution in [2.24, 2.45) is 0 Å². The third-order valence-corrected chi connectivity index (χ3v) is 3.53. The number of aryl methyl sites for hydroxylation is 1. The molecule has 0 aliphatic carbocycles. The number of rotatable bonds is 2. The standard InChI is InChI=1S/C8H7Cl2NO4S/c1-4-2-6(11-8(12)13)7(3-5(4)9)16(10,14)15/h2-3,11H,1H3,(H,12,13). The van der Waals surface area contributed by atoms with Crippen molar-refractivity contribution in [3.05, 3.63) is 22.7 Å². The molecule has 1 rings (SSSR count). The van der Waals surface area contributed by atoms with Crippen LogP contribution in [0.25, 0.3) is 0 Å². The number of halogens is 2. The molecular weight excluding hydrogens is 277 g/mol. The van der Waals surface area contributed by atoms with Crippen molar-refractivity contribution in [3.8, 4) is 0 Å². The molecule has 1 amide bonds. The summed E-state index contributed by atoms with van der Waals surface area (Å²) in [4.78, 5) is 10.1. The summed E-state index contributed by atoms with van der Waals surface area (Å²) in [5, 5.41) is 10.7. The Morgan fingerprint density at radius 2 is 2.00 bits per heavy atom. The van der Waals surface area contributed by atoms with Gasteiger partial charge in [-0.05, 0) is 24.6 Å². The Bertz CT molecular complexity index is 541. The zero-order valence-electron chi connectivity index (χ0n) is 7.99.